The molecule has 7 heteroatoms. The number of aryl methyl sites for hydroxylation is 1. The van der Waals surface area contributed by atoms with Gasteiger partial charge in [0.15, 0.2) is 0 Å². The lowest BCUT2D eigenvalue weighted by atomic mass is 10.2. The first kappa shape index (κ1) is 19.2. The molecule has 0 saturated carbocycles. The third-order valence-corrected chi connectivity index (χ3v) is 4.97. The number of aromatic nitrogens is 3. The molecule has 2 aromatic heterocycles. The number of nitrogens with zero attached hydrogens (tertiary/aromatic N) is 3. The first-order chi connectivity index (χ1) is 14.1. The lowest BCUT2D eigenvalue weighted by Gasteiger charge is -2.12. The molecular weight excluding hydrogens is 390 g/mol. The summed E-state index contributed by atoms with van der Waals surface area (Å²) >= 11 is 5.94. The third kappa shape index (κ3) is 3.51. The van der Waals surface area contributed by atoms with Gasteiger partial charge in [-0.25, -0.2) is 4.79 Å². The van der Waals surface area contributed by atoms with E-state index in [1.165, 1.54) is 0 Å². The summed E-state index contributed by atoms with van der Waals surface area (Å²) in [4.78, 5) is 12.9. The molecule has 0 atom stereocenters. The van der Waals surface area contributed by atoms with E-state index in [1.54, 1.807) is 19.1 Å². The van der Waals surface area contributed by atoms with E-state index in [9.17, 15) is 4.79 Å². The molecule has 0 amide bonds. The summed E-state index contributed by atoms with van der Waals surface area (Å²) in [6.45, 7) is 4.95. The third-order valence-electron chi connectivity index (χ3n) is 4.72. The van der Waals surface area contributed by atoms with E-state index in [1.807, 2.05) is 47.9 Å². The Bertz CT molecular complexity index is 1190. The lowest BCUT2D eigenvalue weighted by Crippen LogP contribution is -2.13. The number of para-hydroxylation sites is 1. The average Bonchev–Trinajstić information content (AvgIpc) is 3.06. The number of carbonyl (C=O) groups is 1. The van der Waals surface area contributed by atoms with Crippen LogP contribution in [0.1, 0.15) is 29.8 Å². The van der Waals surface area contributed by atoms with Crippen LogP contribution in [0.4, 0.5) is 0 Å². The number of rotatable bonds is 6. The molecule has 0 spiro atoms. The first-order valence-corrected chi connectivity index (χ1v) is 9.83. The van der Waals surface area contributed by atoms with Crippen LogP contribution < -0.4 is 4.74 Å². The number of fused-ring (bicyclic) bond motifs is 3. The van der Waals surface area contributed by atoms with Crippen molar-refractivity contribution in [3.05, 3.63) is 64.7 Å². The van der Waals surface area contributed by atoms with E-state index in [4.69, 9.17) is 21.1 Å². The van der Waals surface area contributed by atoms with Crippen LogP contribution in [0.15, 0.2) is 48.5 Å². The number of hydrogen-bond acceptors (Lipinski definition) is 5. The monoisotopic (exact) mass is 409 g/mol. The zero-order chi connectivity index (χ0) is 20.4. The standard InChI is InChI=1S/C22H20ClN3O3/c1-3-26-17-8-6-5-7-16(17)19-20(26)18(22(27)28-4-2)21(25-24-19)29-13-14-9-11-15(23)12-10-14/h5-12H,3-4,13H2,1-2H3. The fourth-order valence-corrected chi connectivity index (χ4v) is 3.56. The normalized spacial score (nSPS) is 11.1. The topological polar surface area (TPSA) is 66.2 Å². The van der Waals surface area contributed by atoms with Crippen molar-refractivity contribution in [1.82, 2.24) is 14.8 Å². The Labute approximate surface area is 173 Å². The highest BCUT2D eigenvalue weighted by Crippen LogP contribution is 2.33. The van der Waals surface area contributed by atoms with Gasteiger partial charge in [-0.15, -0.1) is 10.2 Å². The maximum absolute atomic E-state index is 12.9. The molecule has 0 bridgehead atoms. The van der Waals surface area contributed by atoms with Gasteiger partial charge in [0, 0.05) is 17.0 Å². The molecule has 0 aliphatic heterocycles. The molecule has 148 valence electrons. The van der Waals surface area contributed by atoms with Gasteiger partial charge in [0.2, 0.25) is 0 Å². The molecule has 0 aliphatic rings. The summed E-state index contributed by atoms with van der Waals surface area (Å²) in [6.07, 6.45) is 0. The summed E-state index contributed by atoms with van der Waals surface area (Å²) in [5, 5.41) is 10.2. The van der Waals surface area contributed by atoms with Crippen LogP contribution in [-0.2, 0) is 17.9 Å². The Morgan fingerprint density at radius 2 is 1.83 bits per heavy atom. The molecule has 0 saturated heterocycles. The van der Waals surface area contributed by atoms with Crippen molar-refractivity contribution in [2.45, 2.75) is 27.0 Å². The minimum absolute atomic E-state index is 0.156. The molecule has 2 heterocycles. The molecule has 4 aromatic rings. The smallest absolute Gasteiger partial charge is 0.345 e. The highest BCUT2D eigenvalue weighted by Gasteiger charge is 2.25. The van der Waals surface area contributed by atoms with Gasteiger partial charge in [0.1, 0.15) is 17.7 Å². The van der Waals surface area contributed by atoms with E-state index >= 15 is 0 Å². The van der Waals surface area contributed by atoms with Gasteiger partial charge in [-0.1, -0.05) is 41.9 Å². The van der Waals surface area contributed by atoms with Gasteiger partial charge >= 0.3 is 5.97 Å². The maximum Gasteiger partial charge on any atom is 0.345 e. The average molecular weight is 410 g/mol. The molecule has 0 radical (unpaired) electrons. The molecule has 4 rings (SSSR count). The first-order valence-electron chi connectivity index (χ1n) is 9.46. The lowest BCUT2D eigenvalue weighted by molar-refractivity contribution is 0.0521. The largest absolute Gasteiger partial charge is 0.471 e. The highest BCUT2D eigenvalue weighted by atomic mass is 35.5. The summed E-state index contributed by atoms with van der Waals surface area (Å²) in [6, 6.07) is 15.2. The number of ether oxygens (including phenoxy) is 2. The predicted molar refractivity (Wildman–Crippen MR) is 112 cm³/mol. The van der Waals surface area contributed by atoms with Crippen LogP contribution in [0, 0.1) is 0 Å². The van der Waals surface area contributed by atoms with Crippen molar-refractivity contribution in [1.29, 1.82) is 0 Å². The van der Waals surface area contributed by atoms with Gasteiger partial charge in [-0.2, -0.15) is 0 Å². The summed E-state index contributed by atoms with van der Waals surface area (Å²) in [7, 11) is 0. The molecule has 2 aromatic carbocycles. The summed E-state index contributed by atoms with van der Waals surface area (Å²) < 4.78 is 13.3. The Kier molecular flexibility index (Phi) is 5.36. The number of hydrogen-bond donors (Lipinski definition) is 0. The molecule has 0 unspecified atom stereocenters. The van der Waals surface area contributed by atoms with Gasteiger partial charge in [-0.05, 0) is 37.6 Å². The zero-order valence-electron chi connectivity index (χ0n) is 16.2. The zero-order valence-corrected chi connectivity index (χ0v) is 16.9. The van der Waals surface area contributed by atoms with Crippen molar-refractivity contribution in [3.63, 3.8) is 0 Å². The Morgan fingerprint density at radius 1 is 1.07 bits per heavy atom. The molecule has 0 fully saturated rings. The molecular formula is C22H20ClN3O3. The molecule has 29 heavy (non-hydrogen) atoms. The van der Waals surface area contributed by atoms with E-state index < -0.39 is 5.97 Å². The number of halogens is 1. The Hall–Kier alpha value is -3.12. The van der Waals surface area contributed by atoms with E-state index in [0.717, 1.165) is 16.5 Å². The minimum atomic E-state index is -0.476. The van der Waals surface area contributed by atoms with Crippen LogP contribution in [0.2, 0.25) is 5.02 Å². The molecule has 0 N–H and O–H groups in total. The van der Waals surface area contributed by atoms with Crippen molar-refractivity contribution in [3.8, 4) is 5.88 Å². The van der Waals surface area contributed by atoms with E-state index in [2.05, 4.69) is 10.2 Å². The van der Waals surface area contributed by atoms with Crippen molar-refractivity contribution in [2.75, 3.05) is 6.61 Å². The highest BCUT2D eigenvalue weighted by molar-refractivity contribution is 6.30. The van der Waals surface area contributed by atoms with Crippen molar-refractivity contribution in [2.24, 2.45) is 0 Å². The number of carbonyl (C=O) groups excluding carboxylic acids is 1. The Morgan fingerprint density at radius 3 is 2.55 bits per heavy atom. The van der Waals surface area contributed by atoms with Gasteiger partial charge in [0.25, 0.3) is 5.88 Å². The molecule has 0 aliphatic carbocycles. The van der Waals surface area contributed by atoms with E-state index in [0.29, 0.717) is 28.2 Å². The van der Waals surface area contributed by atoms with Crippen LogP contribution in [0.5, 0.6) is 5.88 Å². The van der Waals surface area contributed by atoms with Gasteiger partial charge in [0.05, 0.1) is 17.6 Å². The van der Waals surface area contributed by atoms with E-state index in [-0.39, 0.29) is 19.1 Å². The second-order valence-electron chi connectivity index (χ2n) is 6.47. The predicted octanol–water partition coefficient (Wildman–Crippen LogP) is 5.01. The molecule has 6 nitrogen and oxygen atoms in total. The SMILES string of the molecule is CCOC(=O)c1c(OCc2ccc(Cl)cc2)nnc2c3ccccc3n(CC)c12. The second kappa shape index (κ2) is 8.09. The Balaban J connectivity index is 1.87. The van der Waals surface area contributed by atoms with Crippen LogP contribution >= 0.6 is 11.6 Å². The fourth-order valence-electron chi connectivity index (χ4n) is 3.44. The van der Waals surface area contributed by atoms with Gasteiger partial charge in [-0.3, -0.25) is 0 Å². The van der Waals surface area contributed by atoms with Gasteiger partial charge < -0.3 is 14.0 Å². The van der Waals surface area contributed by atoms with Crippen molar-refractivity contribution < 1.29 is 14.3 Å². The summed E-state index contributed by atoms with van der Waals surface area (Å²) in [5.41, 5.74) is 3.52. The number of esters is 1. The minimum Gasteiger partial charge on any atom is -0.471 e. The second-order valence-corrected chi connectivity index (χ2v) is 6.91. The van der Waals surface area contributed by atoms with Crippen LogP contribution in [0.3, 0.4) is 0 Å². The van der Waals surface area contributed by atoms with Crippen LogP contribution in [-0.4, -0.2) is 27.3 Å². The van der Waals surface area contributed by atoms with Crippen LogP contribution in [0.25, 0.3) is 21.9 Å². The van der Waals surface area contributed by atoms with Crippen molar-refractivity contribution >= 4 is 39.5 Å². The summed E-state index contributed by atoms with van der Waals surface area (Å²) in [5.74, 6) is -0.320. The number of benzene rings is 2. The fraction of sp³-hybridized carbons (Fsp3) is 0.227. The quantitative estimate of drug-likeness (QED) is 0.418. The maximum atomic E-state index is 12.9.